The van der Waals surface area contributed by atoms with E-state index >= 15 is 0 Å². The lowest BCUT2D eigenvalue weighted by Crippen LogP contribution is -2.48. The Morgan fingerprint density at radius 3 is 3.10 bits per heavy atom. The number of rotatable bonds is 5. The molecule has 0 aromatic carbocycles. The van der Waals surface area contributed by atoms with Crippen molar-refractivity contribution >= 4 is 17.2 Å². The number of carbonyl (C=O) groups excluding carboxylic acids is 1. The molecule has 0 saturated heterocycles. The molecule has 1 aliphatic carbocycles. The van der Waals surface area contributed by atoms with Gasteiger partial charge in [-0.25, -0.2) is 0 Å². The molecule has 1 atom stereocenters. The molecular formula is C13H14N6OS. The van der Waals surface area contributed by atoms with Crippen LogP contribution >= 0.6 is 11.3 Å². The van der Waals surface area contributed by atoms with Crippen LogP contribution in [0.15, 0.2) is 16.8 Å². The molecule has 21 heavy (non-hydrogen) atoms. The van der Waals surface area contributed by atoms with Crippen LogP contribution in [0.3, 0.4) is 0 Å². The standard InChI is InChI=1S/C13H14N6OS/c1-13(8-14,10-2-3-10)15-11(20)6-19-17-12(16-18-19)9-4-5-21-7-9/h4-5,7,10H,2-3,6H2,1H3,(H,15,20)/t13-/m0/s1. The van der Waals surface area contributed by atoms with Crippen LogP contribution in [-0.4, -0.2) is 31.7 Å². The molecule has 1 amide bonds. The molecule has 3 rings (SSSR count). The van der Waals surface area contributed by atoms with E-state index in [1.54, 1.807) is 18.3 Å². The molecule has 2 aromatic heterocycles. The quantitative estimate of drug-likeness (QED) is 0.895. The minimum atomic E-state index is -0.798. The first-order chi connectivity index (χ1) is 10.1. The van der Waals surface area contributed by atoms with Crippen molar-refractivity contribution in [3.8, 4) is 17.5 Å². The molecule has 0 bridgehead atoms. The van der Waals surface area contributed by atoms with Crippen molar-refractivity contribution in [1.82, 2.24) is 25.5 Å². The smallest absolute Gasteiger partial charge is 0.244 e. The predicted molar refractivity (Wildman–Crippen MR) is 76.0 cm³/mol. The Morgan fingerprint density at radius 2 is 2.48 bits per heavy atom. The average molecular weight is 302 g/mol. The average Bonchev–Trinajstić information content (AvgIpc) is 3.00. The molecule has 8 heteroatoms. The van der Waals surface area contributed by atoms with Gasteiger partial charge in [-0.05, 0) is 42.3 Å². The molecule has 1 saturated carbocycles. The molecule has 1 aliphatic rings. The molecule has 1 N–H and O–H groups in total. The number of hydrogen-bond acceptors (Lipinski definition) is 6. The Labute approximate surface area is 125 Å². The molecule has 7 nitrogen and oxygen atoms in total. The Hall–Kier alpha value is -2.27. The summed E-state index contributed by atoms with van der Waals surface area (Å²) in [5.41, 5.74) is 0.0833. The highest BCUT2D eigenvalue weighted by atomic mass is 32.1. The summed E-state index contributed by atoms with van der Waals surface area (Å²) >= 11 is 1.55. The van der Waals surface area contributed by atoms with E-state index in [2.05, 4.69) is 26.8 Å². The fraction of sp³-hybridized carbons (Fsp3) is 0.462. The Morgan fingerprint density at radius 1 is 1.67 bits per heavy atom. The van der Waals surface area contributed by atoms with Crippen molar-refractivity contribution in [2.24, 2.45) is 5.92 Å². The van der Waals surface area contributed by atoms with Crippen molar-refractivity contribution in [2.45, 2.75) is 31.8 Å². The highest BCUT2D eigenvalue weighted by Crippen LogP contribution is 2.39. The van der Waals surface area contributed by atoms with E-state index < -0.39 is 5.54 Å². The monoisotopic (exact) mass is 302 g/mol. The van der Waals surface area contributed by atoms with Crippen LogP contribution in [0, 0.1) is 17.2 Å². The van der Waals surface area contributed by atoms with Crippen LogP contribution in [0.1, 0.15) is 19.8 Å². The van der Waals surface area contributed by atoms with Crippen LogP contribution < -0.4 is 5.32 Å². The highest BCUT2D eigenvalue weighted by molar-refractivity contribution is 7.08. The van der Waals surface area contributed by atoms with Gasteiger partial charge in [0.1, 0.15) is 12.1 Å². The number of hydrogen-bond donors (Lipinski definition) is 1. The number of thiophene rings is 1. The second-order valence-corrected chi connectivity index (χ2v) is 6.07. The largest absolute Gasteiger partial charge is 0.336 e. The van der Waals surface area contributed by atoms with Crippen molar-refractivity contribution in [2.75, 3.05) is 0 Å². The number of nitrogens with one attached hydrogen (secondary N) is 1. The van der Waals surface area contributed by atoms with Gasteiger partial charge in [0.15, 0.2) is 0 Å². The second kappa shape index (κ2) is 5.26. The van der Waals surface area contributed by atoms with Gasteiger partial charge < -0.3 is 5.32 Å². The fourth-order valence-corrected chi connectivity index (χ4v) is 2.79. The number of nitriles is 1. The van der Waals surface area contributed by atoms with Crippen molar-refractivity contribution in [1.29, 1.82) is 5.26 Å². The molecule has 1 fully saturated rings. The molecule has 0 radical (unpaired) electrons. The van der Waals surface area contributed by atoms with Gasteiger partial charge in [-0.3, -0.25) is 4.79 Å². The second-order valence-electron chi connectivity index (χ2n) is 5.29. The van der Waals surface area contributed by atoms with E-state index in [0.29, 0.717) is 5.82 Å². The van der Waals surface area contributed by atoms with Gasteiger partial charge in [-0.15, -0.1) is 10.2 Å². The van der Waals surface area contributed by atoms with Crippen LogP contribution in [0.25, 0.3) is 11.4 Å². The Bertz CT molecular complexity index is 684. The lowest BCUT2D eigenvalue weighted by atomic mass is 9.98. The number of aromatic nitrogens is 4. The highest BCUT2D eigenvalue weighted by Gasteiger charge is 2.43. The van der Waals surface area contributed by atoms with Crippen LogP contribution in [0.5, 0.6) is 0 Å². The van der Waals surface area contributed by atoms with E-state index in [1.165, 1.54) is 4.80 Å². The van der Waals surface area contributed by atoms with Crippen molar-refractivity contribution in [3.63, 3.8) is 0 Å². The molecule has 2 aromatic rings. The zero-order chi connectivity index (χ0) is 14.9. The minimum absolute atomic E-state index is 0.0405. The zero-order valence-electron chi connectivity index (χ0n) is 11.5. The number of tetrazole rings is 1. The normalized spacial score (nSPS) is 17.0. The maximum absolute atomic E-state index is 12.0. The zero-order valence-corrected chi connectivity index (χ0v) is 12.3. The third kappa shape index (κ3) is 2.92. The van der Waals surface area contributed by atoms with E-state index in [1.807, 2.05) is 16.8 Å². The van der Waals surface area contributed by atoms with Crippen LogP contribution in [0.4, 0.5) is 0 Å². The summed E-state index contributed by atoms with van der Waals surface area (Å²) in [7, 11) is 0. The van der Waals surface area contributed by atoms with Crippen LogP contribution in [-0.2, 0) is 11.3 Å². The lowest BCUT2D eigenvalue weighted by Gasteiger charge is -2.22. The first-order valence-corrected chi connectivity index (χ1v) is 7.57. The Balaban J connectivity index is 1.64. The van der Waals surface area contributed by atoms with Gasteiger partial charge in [-0.1, -0.05) is 0 Å². The summed E-state index contributed by atoms with van der Waals surface area (Å²) in [5, 5.41) is 27.8. The first kappa shape index (κ1) is 13.7. The number of amides is 1. The summed E-state index contributed by atoms with van der Waals surface area (Å²) in [6.45, 7) is 1.72. The van der Waals surface area contributed by atoms with E-state index in [4.69, 9.17) is 0 Å². The number of nitrogens with zero attached hydrogens (tertiary/aromatic N) is 5. The summed E-state index contributed by atoms with van der Waals surface area (Å²) < 4.78 is 0. The third-order valence-electron chi connectivity index (χ3n) is 3.54. The summed E-state index contributed by atoms with van der Waals surface area (Å²) in [5.74, 6) is 0.464. The minimum Gasteiger partial charge on any atom is -0.336 e. The van der Waals surface area contributed by atoms with E-state index in [9.17, 15) is 10.1 Å². The molecule has 108 valence electrons. The maximum Gasteiger partial charge on any atom is 0.244 e. The third-order valence-corrected chi connectivity index (χ3v) is 4.23. The Kier molecular flexibility index (Phi) is 3.43. The van der Waals surface area contributed by atoms with Gasteiger partial charge in [0, 0.05) is 10.9 Å². The summed E-state index contributed by atoms with van der Waals surface area (Å²) in [4.78, 5) is 13.3. The molecular weight excluding hydrogens is 288 g/mol. The van der Waals surface area contributed by atoms with Crippen LogP contribution in [0.2, 0.25) is 0 Å². The SMILES string of the molecule is C[C@@](C#N)(NC(=O)Cn1nnc(-c2ccsc2)n1)C1CC1. The van der Waals surface area contributed by atoms with Gasteiger partial charge >= 0.3 is 0 Å². The van der Waals surface area contributed by atoms with Gasteiger partial charge in [0.05, 0.1) is 6.07 Å². The molecule has 0 unspecified atom stereocenters. The van der Waals surface area contributed by atoms with E-state index in [0.717, 1.165) is 18.4 Å². The fourth-order valence-electron chi connectivity index (χ4n) is 2.16. The number of carbonyl (C=O) groups is 1. The maximum atomic E-state index is 12.0. The molecule has 0 aliphatic heterocycles. The first-order valence-electron chi connectivity index (χ1n) is 6.63. The van der Waals surface area contributed by atoms with E-state index in [-0.39, 0.29) is 18.4 Å². The topological polar surface area (TPSA) is 96.5 Å². The van der Waals surface area contributed by atoms with Gasteiger partial charge in [-0.2, -0.15) is 21.4 Å². The van der Waals surface area contributed by atoms with Crippen molar-refractivity contribution < 1.29 is 4.79 Å². The molecule has 0 spiro atoms. The summed E-state index contributed by atoms with van der Waals surface area (Å²) in [6, 6.07) is 4.08. The molecule has 2 heterocycles. The predicted octanol–water partition coefficient (Wildman–Crippen LogP) is 1.21. The summed E-state index contributed by atoms with van der Waals surface area (Å²) in [6.07, 6.45) is 1.96. The van der Waals surface area contributed by atoms with Gasteiger partial charge in [0.25, 0.3) is 0 Å². The van der Waals surface area contributed by atoms with Gasteiger partial charge in [0.2, 0.25) is 11.7 Å². The lowest BCUT2D eigenvalue weighted by molar-refractivity contribution is -0.123. The van der Waals surface area contributed by atoms with Crippen molar-refractivity contribution in [3.05, 3.63) is 16.8 Å².